The fraction of sp³-hybridized carbons (Fsp3) is 0.476. The van der Waals surface area contributed by atoms with Crippen LogP contribution in [0.25, 0.3) is 11.0 Å². The number of methoxy groups -OCH3 is 1. The van der Waals surface area contributed by atoms with Crippen LogP contribution in [-0.4, -0.2) is 59.5 Å². The van der Waals surface area contributed by atoms with Crippen molar-refractivity contribution in [1.29, 1.82) is 0 Å². The summed E-state index contributed by atoms with van der Waals surface area (Å²) in [5, 5.41) is 11.7. The molecule has 0 saturated carbocycles. The zero-order chi connectivity index (χ0) is 19.8. The van der Waals surface area contributed by atoms with Crippen LogP contribution in [0.5, 0.6) is 5.88 Å². The first-order valence-corrected chi connectivity index (χ1v) is 10.0. The highest BCUT2D eigenvalue weighted by atomic mass is 16.5. The quantitative estimate of drug-likeness (QED) is 0.724. The molecule has 5 heterocycles. The fourth-order valence-electron chi connectivity index (χ4n) is 4.79. The molecule has 0 bridgehead atoms. The topological polar surface area (TPSA) is 87.8 Å². The van der Waals surface area contributed by atoms with Crippen molar-refractivity contribution in [2.45, 2.75) is 25.4 Å². The average Bonchev–Trinajstić information content (AvgIpc) is 3.23. The van der Waals surface area contributed by atoms with Gasteiger partial charge in [-0.25, -0.2) is 9.97 Å². The molecule has 0 aromatic carbocycles. The number of anilines is 2. The van der Waals surface area contributed by atoms with E-state index in [0.717, 1.165) is 55.7 Å². The number of hydrogen-bond acceptors (Lipinski definition) is 8. The fourth-order valence-corrected chi connectivity index (χ4v) is 4.79. The van der Waals surface area contributed by atoms with E-state index >= 15 is 0 Å². The molecule has 2 aliphatic rings. The number of β-amino-alcohol motifs (C(OH)–C–C–N with tert-alkyl or cyclic N) is 1. The van der Waals surface area contributed by atoms with Gasteiger partial charge in [-0.05, 0) is 36.8 Å². The average molecular weight is 395 g/mol. The minimum atomic E-state index is -0.368. The van der Waals surface area contributed by atoms with Gasteiger partial charge in [0.15, 0.2) is 0 Å². The second kappa shape index (κ2) is 7.18. The van der Waals surface area contributed by atoms with Gasteiger partial charge in [-0.3, -0.25) is 0 Å². The zero-order valence-corrected chi connectivity index (χ0v) is 16.5. The highest BCUT2D eigenvalue weighted by Gasteiger charge is 2.42. The number of aromatic nitrogens is 3. The Morgan fingerprint density at radius 1 is 1.14 bits per heavy atom. The van der Waals surface area contributed by atoms with E-state index in [1.165, 1.54) is 0 Å². The van der Waals surface area contributed by atoms with Gasteiger partial charge in [-0.15, -0.1) is 0 Å². The third-order valence-corrected chi connectivity index (χ3v) is 6.22. The number of ether oxygens (including phenoxy) is 1. The Bertz CT molecular complexity index is 999. The molecule has 1 spiro atoms. The molecule has 1 atom stereocenters. The molecule has 1 unspecified atom stereocenters. The Balaban J connectivity index is 1.35. The standard InChI is InChI=1S/C21H25N5O3/c1-28-18-3-8-23-20(24-18)25-9-5-21(6-10-25)12-15(27)13-26(14-21)19-16-4-11-29-17(16)2-7-22-19/h2-4,7-8,11,15,27H,5-6,9-10,12-14H2,1H3. The third-order valence-electron chi connectivity index (χ3n) is 6.22. The predicted molar refractivity (Wildman–Crippen MR) is 109 cm³/mol. The van der Waals surface area contributed by atoms with Crippen LogP contribution in [0.15, 0.2) is 41.3 Å². The molecule has 0 aliphatic carbocycles. The Labute approximate surface area is 169 Å². The minimum absolute atomic E-state index is 0.0562. The lowest BCUT2D eigenvalue weighted by atomic mass is 9.71. The maximum absolute atomic E-state index is 10.7. The predicted octanol–water partition coefficient (Wildman–Crippen LogP) is 2.48. The summed E-state index contributed by atoms with van der Waals surface area (Å²) in [6.07, 6.45) is 7.60. The molecule has 3 aromatic rings. The van der Waals surface area contributed by atoms with E-state index in [2.05, 4.69) is 24.8 Å². The van der Waals surface area contributed by atoms with Gasteiger partial charge in [0.25, 0.3) is 0 Å². The Morgan fingerprint density at radius 2 is 1.97 bits per heavy atom. The maximum Gasteiger partial charge on any atom is 0.228 e. The van der Waals surface area contributed by atoms with Gasteiger partial charge in [-0.1, -0.05) is 0 Å². The lowest BCUT2D eigenvalue weighted by Crippen LogP contribution is -2.54. The number of aliphatic hydroxyl groups excluding tert-OH is 1. The molecule has 1 N–H and O–H groups in total. The van der Waals surface area contributed by atoms with Crippen LogP contribution in [-0.2, 0) is 0 Å². The Morgan fingerprint density at radius 3 is 2.79 bits per heavy atom. The van der Waals surface area contributed by atoms with Crippen molar-refractivity contribution in [2.24, 2.45) is 5.41 Å². The van der Waals surface area contributed by atoms with E-state index in [1.54, 1.807) is 31.8 Å². The molecule has 2 aliphatic heterocycles. The number of furan rings is 1. The SMILES string of the molecule is COc1ccnc(N2CCC3(CC2)CC(O)CN(c2nccc4occc24)C3)n1. The molecule has 152 valence electrons. The number of hydrogen-bond donors (Lipinski definition) is 1. The highest BCUT2D eigenvalue weighted by molar-refractivity contribution is 5.88. The second-order valence-corrected chi connectivity index (χ2v) is 8.09. The molecular weight excluding hydrogens is 370 g/mol. The number of fused-ring (bicyclic) bond motifs is 1. The van der Waals surface area contributed by atoms with E-state index in [1.807, 2.05) is 12.1 Å². The monoisotopic (exact) mass is 395 g/mol. The lowest BCUT2D eigenvalue weighted by Gasteiger charge is -2.49. The van der Waals surface area contributed by atoms with E-state index < -0.39 is 0 Å². The van der Waals surface area contributed by atoms with E-state index in [-0.39, 0.29) is 11.5 Å². The molecule has 8 heteroatoms. The van der Waals surface area contributed by atoms with Gasteiger partial charge < -0.3 is 24.1 Å². The van der Waals surface area contributed by atoms with E-state index in [4.69, 9.17) is 9.15 Å². The smallest absolute Gasteiger partial charge is 0.228 e. The summed E-state index contributed by atoms with van der Waals surface area (Å²) in [6, 6.07) is 5.59. The van der Waals surface area contributed by atoms with Crippen molar-refractivity contribution < 1.29 is 14.3 Å². The first-order chi connectivity index (χ1) is 14.2. The van der Waals surface area contributed by atoms with Crippen molar-refractivity contribution in [2.75, 3.05) is 43.1 Å². The molecule has 29 heavy (non-hydrogen) atoms. The van der Waals surface area contributed by atoms with Crippen molar-refractivity contribution >= 4 is 22.7 Å². The van der Waals surface area contributed by atoms with Gasteiger partial charge >= 0.3 is 0 Å². The van der Waals surface area contributed by atoms with Crippen LogP contribution in [0.1, 0.15) is 19.3 Å². The molecule has 0 amide bonds. The minimum Gasteiger partial charge on any atom is -0.481 e. The third kappa shape index (κ3) is 3.37. The van der Waals surface area contributed by atoms with Crippen LogP contribution in [0.3, 0.4) is 0 Å². The van der Waals surface area contributed by atoms with Crippen molar-refractivity contribution in [3.05, 3.63) is 36.9 Å². The highest BCUT2D eigenvalue weighted by Crippen LogP contribution is 2.42. The summed E-state index contributed by atoms with van der Waals surface area (Å²) >= 11 is 0. The molecule has 2 saturated heterocycles. The Hall–Kier alpha value is -2.87. The summed E-state index contributed by atoms with van der Waals surface area (Å²) in [7, 11) is 1.61. The van der Waals surface area contributed by atoms with Gasteiger partial charge in [0.1, 0.15) is 11.4 Å². The van der Waals surface area contributed by atoms with Crippen LogP contribution in [0.4, 0.5) is 11.8 Å². The molecular formula is C21H25N5O3. The van der Waals surface area contributed by atoms with E-state index in [9.17, 15) is 5.11 Å². The summed E-state index contributed by atoms with van der Waals surface area (Å²) in [5.74, 6) is 2.18. The Kier molecular flexibility index (Phi) is 4.50. The van der Waals surface area contributed by atoms with Gasteiger partial charge in [0.2, 0.25) is 11.8 Å². The number of pyridine rings is 1. The van der Waals surface area contributed by atoms with Crippen molar-refractivity contribution in [3.63, 3.8) is 0 Å². The lowest BCUT2D eigenvalue weighted by molar-refractivity contribution is 0.0595. The number of aliphatic hydroxyl groups is 1. The molecule has 8 nitrogen and oxygen atoms in total. The van der Waals surface area contributed by atoms with E-state index in [0.29, 0.717) is 18.4 Å². The number of piperidine rings is 2. The summed E-state index contributed by atoms with van der Waals surface area (Å²) in [6.45, 7) is 3.20. The maximum atomic E-state index is 10.7. The van der Waals surface area contributed by atoms with Crippen molar-refractivity contribution in [1.82, 2.24) is 15.0 Å². The number of nitrogens with zero attached hydrogens (tertiary/aromatic N) is 5. The van der Waals surface area contributed by atoms with Crippen LogP contribution < -0.4 is 14.5 Å². The van der Waals surface area contributed by atoms with Crippen LogP contribution in [0, 0.1) is 5.41 Å². The first kappa shape index (κ1) is 18.2. The van der Waals surface area contributed by atoms with Gasteiger partial charge in [0.05, 0.1) is 24.9 Å². The van der Waals surface area contributed by atoms with Crippen molar-refractivity contribution in [3.8, 4) is 5.88 Å². The van der Waals surface area contributed by atoms with Crippen LogP contribution >= 0.6 is 0 Å². The summed E-state index contributed by atoms with van der Waals surface area (Å²) < 4.78 is 10.8. The summed E-state index contributed by atoms with van der Waals surface area (Å²) in [4.78, 5) is 17.9. The first-order valence-electron chi connectivity index (χ1n) is 10.0. The molecule has 2 fully saturated rings. The largest absolute Gasteiger partial charge is 0.481 e. The molecule has 5 rings (SSSR count). The number of rotatable bonds is 3. The second-order valence-electron chi connectivity index (χ2n) is 8.09. The van der Waals surface area contributed by atoms with Gasteiger partial charge in [-0.2, -0.15) is 4.98 Å². The summed E-state index contributed by atoms with van der Waals surface area (Å²) in [5.41, 5.74) is 0.884. The van der Waals surface area contributed by atoms with Crippen LogP contribution in [0.2, 0.25) is 0 Å². The normalized spacial score (nSPS) is 21.7. The molecule has 0 radical (unpaired) electrons. The van der Waals surface area contributed by atoms with Gasteiger partial charge in [0, 0.05) is 44.6 Å². The molecule has 3 aromatic heterocycles. The zero-order valence-electron chi connectivity index (χ0n) is 16.5.